The summed E-state index contributed by atoms with van der Waals surface area (Å²) < 4.78 is 0. The molecule has 0 fully saturated rings. The van der Waals surface area contributed by atoms with E-state index in [-0.39, 0.29) is 5.41 Å². The van der Waals surface area contributed by atoms with Crippen LogP contribution in [-0.4, -0.2) is 0 Å². The first-order valence-corrected chi connectivity index (χ1v) is 11.8. The van der Waals surface area contributed by atoms with Gasteiger partial charge >= 0.3 is 0 Å². The van der Waals surface area contributed by atoms with Crippen LogP contribution in [-0.2, 0) is 11.8 Å². The predicted octanol–water partition coefficient (Wildman–Crippen LogP) is 8.69. The van der Waals surface area contributed by atoms with Gasteiger partial charge in [0.2, 0.25) is 0 Å². The van der Waals surface area contributed by atoms with Crippen molar-refractivity contribution in [3.8, 4) is 0 Å². The molecule has 31 heavy (non-hydrogen) atoms. The maximum atomic E-state index is 4.42. The Morgan fingerprint density at radius 2 is 1.48 bits per heavy atom. The molecule has 2 atom stereocenters. The first kappa shape index (κ1) is 23.1. The van der Waals surface area contributed by atoms with Crippen molar-refractivity contribution in [1.82, 2.24) is 0 Å². The fourth-order valence-corrected chi connectivity index (χ4v) is 4.69. The standard InChI is InChI=1S/C31H38/c1-7-8-12-25(4)26(5)28-15-17-29(18-16-28)31(6,22-27-13-10-9-11-14-27)30-20-23(2)19-24(3)21-30/h9-11,13-21,25H,5,7-8,12,22H2,1-4,6H3. The van der Waals surface area contributed by atoms with Gasteiger partial charge in [0.1, 0.15) is 0 Å². The van der Waals surface area contributed by atoms with E-state index in [1.165, 1.54) is 58.2 Å². The first-order chi connectivity index (χ1) is 14.8. The average molecular weight is 411 g/mol. The van der Waals surface area contributed by atoms with Gasteiger partial charge in [-0.15, -0.1) is 0 Å². The Kier molecular flexibility index (Phi) is 7.55. The fraction of sp³-hybridized carbons (Fsp3) is 0.355. The molecule has 0 aliphatic rings. The molecule has 0 amide bonds. The molecular formula is C31H38. The second-order valence-corrected chi connectivity index (χ2v) is 9.52. The van der Waals surface area contributed by atoms with E-state index < -0.39 is 0 Å². The van der Waals surface area contributed by atoms with Crippen LogP contribution in [0.5, 0.6) is 0 Å². The highest BCUT2D eigenvalue weighted by Crippen LogP contribution is 2.37. The van der Waals surface area contributed by atoms with E-state index in [2.05, 4.69) is 114 Å². The first-order valence-electron chi connectivity index (χ1n) is 11.8. The minimum Gasteiger partial charge on any atom is -0.0950 e. The van der Waals surface area contributed by atoms with Crippen LogP contribution in [0.2, 0.25) is 0 Å². The lowest BCUT2D eigenvalue weighted by atomic mass is 9.71. The number of unbranched alkanes of at least 4 members (excludes halogenated alkanes) is 1. The number of aryl methyl sites for hydroxylation is 2. The van der Waals surface area contributed by atoms with E-state index in [4.69, 9.17) is 0 Å². The SMILES string of the molecule is C=C(c1ccc(C(C)(Cc2ccccc2)c2cc(C)cc(C)c2)cc1)C(C)CCCC. The van der Waals surface area contributed by atoms with Crippen molar-refractivity contribution < 1.29 is 0 Å². The highest BCUT2D eigenvalue weighted by Gasteiger charge is 2.30. The third-order valence-corrected chi connectivity index (χ3v) is 6.74. The van der Waals surface area contributed by atoms with Crippen LogP contribution in [0.4, 0.5) is 0 Å². The molecule has 0 nitrogen and oxygen atoms in total. The number of rotatable bonds is 9. The van der Waals surface area contributed by atoms with Crippen molar-refractivity contribution in [3.63, 3.8) is 0 Å². The lowest BCUT2D eigenvalue weighted by Crippen LogP contribution is -2.27. The van der Waals surface area contributed by atoms with Gasteiger partial charge in [0.25, 0.3) is 0 Å². The van der Waals surface area contributed by atoms with E-state index in [0.29, 0.717) is 5.92 Å². The molecule has 0 bridgehead atoms. The molecule has 0 radical (unpaired) electrons. The normalized spacial score (nSPS) is 14.1. The van der Waals surface area contributed by atoms with Crippen LogP contribution in [0.3, 0.4) is 0 Å². The molecule has 0 heteroatoms. The molecule has 162 valence electrons. The molecule has 0 spiro atoms. The summed E-state index contributed by atoms with van der Waals surface area (Å²) in [5.41, 5.74) is 9.20. The van der Waals surface area contributed by atoms with Crippen LogP contribution < -0.4 is 0 Å². The van der Waals surface area contributed by atoms with Crippen LogP contribution in [0, 0.1) is 19.8 Å². The third-order valence-electron chi connectivity index (χ3n) is 6.74. The Hall–Kier alpha value is -2.60. The van der Waals surface area contributed by atoms with E-state index >= 15 is 0 Å². The Morgan fingerprint density at radius 1 is 0.871 bits per heavy atom. The van der Waals surface area contributed by atoms with Crippen molar-refractivity contribution in [2.75, 3.05) is 0 Å². The smallest absolute Gasteiger partial charge is 0.0215 e. The second kappa shape index (κ2) is 10.1. The Bertz CT molecular complexity index is 974. The van der Waals surface area contributed by atoms with E-state index in [0.717, 1.165) is 6.42 Å². The van der Waals surface area contributed by atoms with Gasteiger partial charge in [-0.2, -0.15) is 0 Å². The summed E-state index contributed by atoms with van der Waals surface area (Å²) in [6.07, 6.45) is 4.69. The van der Waals surface area contributed by atoms with Gasteiger partial charge in [0, 0.05) is 5.41 Å². The van der Waals surface area contributed by atoms with Gasteiger partial charge in [-0.1, -0.05) is 124 Å². The maximum Gasteiger partial charge on any atom is 0.0215 e. The molecule has 0 saturated heterocycles. The van der Waals surface area contributed by atoms with Gasteiger partial charge in [-0.3, -0.25) is 0 Å². The predicted molar refractivity (Wildman–Crippen MR) is 137 cm³/mol. The van der Waals surface area contributed by atoms with Gasteiger partial charge in [-0.25, -0.2) is 0 Å². The molecular weight excluding hydrogens is 372 g/mol. The van der Waals surface area contributed by atoms with Gasteiger partial charge in [0.05, 0.1) is 0 Å². The van der Waals surface area contributed by atoms with Crippen LogP contribution >= 0.6 is 0 Å². The number of hydrogen-bond acceptors (Lipinski definition) is 0. The van der Waals surface area contributed by atoms with Crippen molar-refractivity contribution >= 4 is 5.57 Å². The zero-order valence-corrected chi connectivity index (χ0v) is 20.0. The number of benzene rings is 3. The van der Waals surface area contributed by atoms with E-state index in [1.807, 2.05) is 0 Å². The van der Waals surface area contributed by atoms with E-state index in [9.17, 15) is 0 Å². The molecule has 0 saturated carbocycles. The number of hydrogen-bond donors (Lipinski definition) is 0. The van der Waals surface area contributed by atoms with Gasteiger partial charge in [-0.05, 0) is 60.4 Å². The van der Waals surface area contributed by atoms with Crippen molar-refractivity contribution in [2.45, 2.75) is 65.7 Å². The van der Waals surface area contributed by atoms with Crippen LogP contribution in [0.1, 0.15) is 73.4 Å². The molecule has 0 N–H and O–H groups in total. The highest BCUT2D eigenvalue weighted by molar-refractivity contribution is 5.65. The maximum absolute atomic E-state index is 4.42. The largest absolute Gasteiger partial charge is 0.0950 e. The zero-order chi connectivity index (χ0) is 22.4. The Morgan fingerprint density at radius 3 is 2.06 bits per heavy atom. The lowest BCUT2D eigenvalue weighted by molar-refractivity contribution is 0.566. The molecule has 3 aromatic carbocycles. The molecule has 2 unspecified atom stereocenters. The Labute approximate surface area is 190 Å². The summed E-state index contributed by atoms with van der Waals surface area (Å²) in [6.45, 7) is 15.8. The minimum atomic E-state index is -0.0914. The summed E-state index contributed by atoms with van der Waals surface area (Å²) in [5.74, 6) is 0.529. The topological polar surface area (TPSA) is 0 Å². The van der Waals surface area contributed by atoms with Crippen LogP contribution in [0.25, 0.3) is 5.57 Å². The monoisotopic (exact) mass is 410 g/mol. The summed E-state index contributed by atoms with van der Waals surface area (Å²) in [7, 11) is 0. The van der Waals surface area contributed by atoms with Crippen LogP contribution in [0.15, 0.2) is 79.4 Å². The van der Waals surface area contributed by atoms with Gasteiger partial charge < -0.3 is 0 Å². The molecule has 3 rings (SSSR count). The molecule has 3 aromatic rings. The lowest BCUT2D eigenvalue weighted by Gasteiger charge is -2.32. The van der Waals surface area contributed by atoms with Crippen molar-refractivity contribution in [2.24, 2.45) is 5.92 Å². The third kappa shape index (κ3) is 5.56. The molecule has 0 aromatic heterocycles. The molecule has 0 aliphatic heterocycles. The molecule has 0 heterocycles. The second-order valence-electron chi connectivity index (χ2n) is 9.52. The summed E-state index contributed by atoms with van der Waals surface area (Å²) >= 11 is 0. The fourth-order valence-electron chi connectivity index (χ4n) is 4.69. The summed E-state index contributed by atoms with van der Waals surface area (Å²) in [6, 6.07) is 27.1. The Balaban J connectivity index is 1.98. The van der Waals surface area contributed by atoms with Gasteiger partial charge in [0.15, 0.2) is 0 Å². The van der Waals surface area contributed by atoms with Crippen molar-refractivity contribution in [1.29, 1.82) is 0 Å². The highest BCUT2D eigenvalue weighted by atomic mass is 14.3. The zero-order valence-electron chi connectivity index (χ0n) is 20.0. The minimum absolute atomic E-state index is 0.0914. The summed E-state index contributed by atoms with van der Waals surface area (Å²) in [5, 5.41) is 0. The average Bonchev–Trinajstić information content (AvgIpc) is 2.77. The molecule has 0 aliphatic carbocycles. The quantitative estimate of drug-likeness (QED) is 0.331. The number of allylic oxidation sites excluding steroid dienone is 1. The van der Waals surface area contributed by atoms with E-state index in [1.54, 1.807) is 0 Å². The van der Waals surface area contributed by atoms with Crippen molar-refractivity contribution in [3.05, 3.63) is 113 Å². The summed E-state index contributed by atoms with van der Waals surface area (Å²) in [4.78, 5) is 0.